The molecule has 5 aromatic rings. The molecule has 0 unspecified atom stereocenters. The Labute approximate surface area is 201 Å². The van der Waals surface area contributed by atoms with Gasteiger partial charge in [0.2, 0.25) is 0 Å². The van der Waals surface area contributed by atoms with Crippen LogP contribution in [0, 0.1) is 19.7 Å². The van der Waals surface area contributed by atoms with Gasteiger partial charge in [-0.1, -0.05) is 29.8 Å². The van der Waals surface area contributed by atoms with Crippen molar-refractivity contribution in [3.8, 4) is 33.8 Å². The van der Waals surface area contributed by atoms with E-state index in [1.54, 1.807) is 12.1 Å². The molecule has 0 saturated carbocycles. The first-order chi connectivity index (χ1) is 16.3. The summed E-state index contributed by atoms with van der Waals surface area (Å²) in [6.07, 6.45) is 3.85. The molecule has 3 aromatic heterocycles. The van der Waals surface area contributed by atoms with Crippen LogP contribution in [0.2, 0.25) is 5.02 Å². The number of nitrogens with zero attached hydrogens (tertiary/aromatic N) is 6. The highest BCUT2D eigenvalue weighted by Crippen LogP contribution is 2.32. The number of fused-ring (bicyclic) bond motifs is 1. The van der Waals surface area contributed by atoms with Crippen LogP contribution >= 0.6 is 11.6 Å². The second-order valence-corrected chi connectivity index (χ2v) is 8.91. The summed E-state index contributed by atoms with van der Waals surface area (Å²) in [5, 5.41) is 4.75. The van der Waals surface area contributed by atoms with Gasteiger partial charge in [-0.2, -0.15) is 5.10 Å². The van der Waals surface area contributed by atoms with E-state index >= 15 is 0 Å². The van der Waals surface area contributed by atoms with E-state index in [2.05, 4.69) is 28.9 Å². The van der Waals surface area contributed by atoms with Gasteiger partial charge in [0.25, 0.3) is 0 Å². The highest BCUT2D eigenvalue weighted by atomic mass is 35.5. The third-order valence-corrected chi connectivity index (χ3v) is 5.95. The Morgan fingerprint density at radius 2 is 1.65 bits per heavy atom. The highest BCUT2D eigenvalue weighted by Gasteiger charge is 2.18. The molecule has 0 bridgehead atoms. The van der Waals surface area contributed by atoms with E-state index < -0.39 is 5.82 Å². The second-order valence-electron chi connectivity index (χ2n) is 8.47. The standard InChI is InChI=1S/C26H22ClFN6/c1-14(2)34-13-19(12-29-34)17-6-5-7-18(10-17)25-32-23(21-9-8-20(27)11-22(21)28)24-26(33-25)31-16(4)15(3)30-24/h5-14H,1-4H3. The maximum atomic E-state index is 14.9. The molecule has 0 atom stereocenters. The van der Waals surface area contributed by atoms with Crippen molar-refractivity contribution in [2.45, 2.75) is 33.7 Å². The topological polar surface area (TPSA) is 69.4 Å². The minimum atomic E-state index is -0.478. The van der Waals surface area contributed by atoms with Gasteiger partial charge in [0, 0.05) is 34.0 Å². The van der Waals surface area contributed by atoms with Gasteiger partial charge in [0.1, 0.15) is 17.0 Å². The number of hydrogen-bond donors (Lipinski definition) is 0. The molecule has 0 aliphatic carbocycles. The largest absolute Gasteiger partial charge is 0.270 e. The molecule has 0 radical (unpaired) electrons. The van der Waals surface area contributed by atoms with Crippen LogP contribution in [0.25, 0.3) is 44.9 Å². The van der Waals surface area contributed by atoms with Crippen molar-refractivity contribution in [1.29, 1.82) is 0 Å². The highest BCUT2D eigenvalue weighted by molar-refractivity contribution is 6.30. The first kappa shape index (κ1) is 22.1. The van der Waals surface area contributed by atoms with Gasteiger partial charge in [0.15, 0.2) is 11.5 Å². The van der Waals surface area contributed by atoms with E-state index in [1.807, 2.05) is 55.2 Å². The van der Waals surface area contributed by atoms with Crippen LogP contribution in [0.5, 0.6) is 0 Å². The zero-order valence-electron chi connectivity index (χ0n) is 19.2. The molecule has 0 fully saturated rings. The number of rotatable bonds is 4. The summed E-state index contributed by atoms with van der Waals surface area (Å²) >= 11 is 5.99. The summed E-state index contributed by atoms with van der Waals surface area (Å²) in [5.74, 6) is -0.0409. The Morgan fingerprint density at radius 1 is 0.882 bits per heavy atom. The lowest BCUT2D eigenvalue weighted by Crippen LogP contribution is -2.03. The Balaban J connectivity index is 1.71. The Morgan fingerprint density at radius 3 is 2.38 bits per heavy atom. The predicted octanol–water partition coefficient (Wildman–Crippen LogP) is 6.61. The minimum Gasteiger partial charge on any atom is -0.270 e. The quantitative estimate of drug-likeness (QED) is 0.294. The third-order valence-electron chi connectivity index (χ3n) is 5.71. The van der Waals surface area contributed by atoms with E-state index in [0.29, 0.717) is 33.3 Å². The number of aromatic nitrogens is 6. The molecule has 0 N–H and O–H groups in total. The van der Waals surface area contributed by atoms with Crippen molar-refractivity contribution >= 4 is 22.8 Å². The van der Waals surface area contributed by atoms with Gasteiger partial charge < -0.3 is 0 Å². The number of halogens is 2. The second kappa shape index (κ2) is 8.57. The van der Waals surface area contributed by atoms with Crippen LogP contribution < -0.4 is 0 Å². The summed E-state index contributed by atoms with van der Waals surface area (Å²) < 4.78 is 16.8. The van der Waals surface area contributed by atoms with Crippen LogP contribution in [-0.4, -0.2) is 29.7 Å². The molecule has 5 rings (SSSR count). The normalized spacial score (nSPS) is 11.5. The molecule has 0 aliphatic rings. The smallest absolute Gasteiger partial charge is 0.182 e. The zero-order valence-corrected chi connectivity index (χ0v) is 20.0. The Hall–Kier alpha value is -3.71. The molecule has 6 nitrogen and oxygen atoms in total. The van der Waals surface area contributed by atoms with Gasteiger partial charge in [-0.05, 0) is 57.5 Å². The maximum absolute atomic E-state index is 14.9. The minimum absolute atomic E-state index is 0.267. The van der Waals surface area contributed by atoms with Gasteiger partial charge in [-0.3, -0.25) is 4.68 Å². The van der Waals surface area contributed by atoms with Crippen LogP contribution in [0.1, 0.15) is 31.3 Å². The van der Waals surface area contributed by atoms with Gasteiger partial charge in [-0.15, -0.1) is 0 Å². The molecule has 170 valence electrons. The van der Waals surface area contributed by atoms with Crippen LogP contribution in [-0.2, 0) is 0 Å². The maximum Gasteiger partial charge on any atom is 0.182 e. The van der Waals surface area contributed by atoms with Gasteiger partial charge in [0.05, 0.1) is 17.6 Å². The summed E-state index contributed by atoms with van der Waals surface area (Å²) in [6, 6.07) is 12.7. The fourth-order valence-corrected chi connectivity index (χ4v) is 3.88. The van der Waals surface area contributed by atoms with E-state index in [-0.39, 0.29) is 6.04 Å². The molecule has 0 spiro atoms. The average molecular weight is 473 g/mol. The zero-order chi connectivity index (χ0) is 24.0. The lowest BCUT2D eigenvalue weighted by Gasteiger charge is -2.11. The third kappa shape index (κ3) is 4.03. The summed E-state index contributed by atoms with van der Waals surface area (Å²) in [6.45, 7) is 7.90. The molecule has 3 heterocycles. The number of aryl methyl sites for hydroxylation is 2. The molecular formula is C26H22ClFN6. The molecule has 0 aliphatic heterocycles. The van der Waals surface area contributed by atoms with Crippen molar-refractivity contribution in [3.05, 3.63) is 77.1 Å². The van der Waals surface area contributed by atoms with Crippen molar-refractivity contribution in [2.24, 2.45) is 0 Å². The van der Waals surface area contributed by atoms with Gasteiger partial charge >= 0.3 is 0 Å². The van der Waals surface area contributed by atoms with Crippen LogP contribution in [0.3, 0.4) is 0 Å². The van der Waals surface area contributed by atoms with Crippen LogP contribution in [0.4, 0.5) is 4.39 Å². The lowest BCUT2D eigenvalue weighted by atomic mass is 10.0. The monoisotopic (exact) mass is 472 g/mol. The number of hydrogen-bond acceptors (Lipinski definition) is 5. The fraction of sp³-hybridized carbons (Fsp3) is 0.192. The van der Waals surface area contributed by atoms with E-state index in [0.717, 1.165) is 28.1 Å². The molecule has 8 heteroatoms. The summed E-state index contributed by atoms with van der Waals surface area (Å²) in [4.78, 5) is 18.7. The first-order valence-corrected chi connectivity index (χ1v) is 11.3. The summed E-state index contributed by atoms with van der Waals surface area (Å²) in [7, 11) is 0. The van der Waals surface area contributed by atoms with Crippen molar-refractivity contribution in [2.75, 3.05) is 0 Å². The van der Waals surface area contributed by atoms with Crippen molar-refractivity contribution in [1.82, 2.24) is 29.7 Å². The Bertz CT molecular complexity index is 1540. The van der Waals surface area contributed by atoms with E-state index in [4.69, 9.17) is 21.6 Å². The Kier molecular flexibility index (Phi) is 5.57. The fourth-order valence-electron chi connectivity index (χ4n) is 3.72. The molecule has 2 aromatic carbocycles. The summed E-state index contributed by atoms with van der Waals surface area (Å²) in [5.41, 5.74) is 5.79. The first-order valence-electron chi connectivity index (χ1n) is 10.9. The van der Waals surface area contributed by atoms with E-state index in [1.165, 1.54) is 6.07 Å². The lowest BCUT2D eigenvalue weighted by molar-refractivity contribution is 0.532. The molecular weight excluding hydrogens is 451 g/mol. The predicted molar refractivity (Wildman–Crippen MR) is 132 cm³/mol. The van der Waals surface area contributed by atoms with Gasteiger partial charge in [-0.25, -0.2) is 24.3 Å². The molecule has 0 amide bonds. The van der Waals surface area contributed by atoms with E-state index in [9.17, 15) is 4.39 Å². The average Bonchev–Trinajstić information content (AvgIpc) is 3.31. The molecule has 0 saturated heterocycles. The number of benzene rings is 2. The van der Waals surface area contributed by atoms with Crippen molar-refractivity contribution in [3.63, 3.8) is 0 Å². The SMILES string of the molecule is Cc1nc2nc(-c3cccc(-c4cnn(C(C)C)c4)c3)nc(-c3ccc(Cl)cc3F)c2nc1C. The molecule has 34 heavy (non-hydrogen) atoms. The van der Waals surface area contributed by atoms with Crippen molar-refractivity contribution < 1.29 is 4.39 Å². The van der Waals surface area contributed by atoms with Crippen LogP contribution in [0.15, 0.2) is 54.9 Å².